The fourth-order valence-electron chi connectivity index (χ4n) is 5.12. The number of nitrogens with one attached hydrogen (secondary N) is 1. The van der Waals surface area contributed by atoms with Gasteiger partial charge in [-0.05, 0) is 24.6 Å². The van der Waals surface area contributed by atoms with E-state index in [0.29, 0.717) is 11.8 Å². The maximum Gasteiger partial charge on any atom is 0.481 e. The van der Waals surface area contributed by atoms with Crippen LogP contribution in [-0.2, 0) is 35.6 Å². The number of phosphoric ester groups is 2. The number of aromatic hydroxyl groups is 2. The molecule has 0 spiro atoms. The van der Waals surface area contributed by atoms with E-state index in [9.17, 15) is 58.8 Å². The fourth-order valence-corrected chi connectivity index (χ4v) is 7.16. The Morgan fingerprint density at radius 1 is 1.02 bits per heavy atom. The molecule has 0 fully saturated rings. The minimum atomic E-state index is -5.60. The molecule has 0 radical (unpaired) electrons. The lowest BCUT2D eigenvalue weighted by Crippen LogP contribution is -2.42. The summed E-state index contributed by atoms with van der Waals surface area (Å²) in [4.78, 5) is 77.8. The summed E-state index contributed by atoms with van der Waals surface area (Å²) >= 11 is 0. The highest BCUT2D eigenvalue weighted by molar-refractivity contribution is 7.61. The number of hydrogen-bond acceptors (Lipinski definition) is 20. The number of nitrogens with two attached hydrogens (primary N) is 1. The van der Waals surface area contributed by atoms with Crippen LogP contribution in [0.2, 0.25) is 0 Å². The van der Waals surface area contributed by atoms with Crippen LogP contribution in [0.3, 0.4) is 0 Å². The molecule has 0 aliphatic carbocycles. The summed E-state index contributed by atoms with van der Waals surface area (Å²) in [6.07, 6.45) is -3.66. The third-order valence-corrected chi connectivity index (χ3v) is 10.3. The molecular weight excluding hydrogens is 768 g/mol. The zero-order valence-corrected chi connectivity index (χ0v) is 28.9. The lowest BCUT2D eigenvalue weighted by atomic mass is 10.1. The maximum absolute atomic E-state index is 12.5. The molecule has 0 bridgehead atoms. The van der Waals surface area contributed by atoms with Crippen molar-refractivity contribution in [3.8, 4) is 28.9 Å². The molecule has 10 N–H and O–H groups in total. The molecule has 2 aliphatic heterocycles. The van der Waals surface area contributed by atoms with Gasteiger partial charge in [-0.15, -0.1) is 0 Å². The predicted molar refractivity (Wildman–Crippen MR) is 177 cm³/mol. The first-order valence-corrected chi connectivity index (χ1v) is 18.0. The van der Waals surface area contributed by atoms with Gasteiger partial charge in [0.05, 0.1) is 24.2 Å². The monoisotopic (exact) mass is 795 g/mol. The van der Waals surface area contributed by atoms with Crippen LogP contribution >= 0.6 is 15.6 Å². The van der Waals surface area contributed by atoms with Crippen LogP contribution in [0, 0.1) is 6.92 Å². The lowest BCUT2D eigenvalue weighted by molar-refractivity contribution is -0.0793. The Balaban J connectivity index is 1.11. The van der Waals surface area contributed by atoms with Gasteiger partial charge in [0.2, 0.25) is 11.5 Å². The quantitative estimate of drug-likeness (QED) is 0.0361. The normalized spacial score (nSPS) is 16.0. The molecule has 1 aromatic carbocycles. The van der Waals surface area contributed by atoms with Crippen molar-refractivity contribution in [3.63, 3.8) is 0 Å². The zero-order chi connectivity index (χ0) is 39.3. The molecule has 0 saturated heterocycles. The Kier molecular flexibility index (Phi) is 10.2. The van der Waals surface area contributed by atoms with E-state index < -0.39 is 88.1 Å². The van der Waals surface area contributed by atoms with Crippen molar-refractivity contribution in [2.45, 2.75) is 38.4 Å². The molecule has 2 aliphatic rings. The van der Waals surface area contributed by atoms with Gasteiger partial charge in [0.15, 0.2) is 34.3 Å². The largest absolute Gasteiger partial charge is 0.502 e. The molecule has 5 heterocycles. The summed E-state index contributed by atoms with van der Waals surface area (Å²) in [5, 5.41) is 52.6. The van der Waals surface area contributed by atoms with E-state index in [4.69, 9.17) is 10.2 Å². The van der Waals surface area contributed by atoms with Crippen LogP contribution in [0.5, 0.6) is 11.5 Å². The van der Waals surface area contributed by atoms with Crippen molar-refractivity contribution in [3.05, 3.63) is 62.5 Å². The number of imidazole rings is 1. The van der Waals surface area contributed by atoms with Gasteiger partial charge in [-0.25, -0.2) is 38.4 Å². The number of aromatic nitrogens is 8. The average Bonchev–Trinajstić information content (AvgIpc) is 3.66. The number of anilines is 1. The van der Waals surface area contributed by atoms with Gasteiger partial charge in [-0.2, -0.15) is 9.29 Å². The van der Waals surface area contributed by atoms with Gasteiger partial charge in [-0.3, -0.25) is 23.6 Å². The lowest BCUT2D eigenvalue weighted by Gasteiger charge is -2.26. The molecule has 6 rings (SSSR count). The van der Waals surface area contributed by atoms with E-state index >= 15 is 0 Å². The van der Waals surface area contributed by atoms with Gasteiger partial charge in [-0.1, -0.05) is 0 Å². The third-order valence-electron chi connectivity index (χ3n) is 7.75. The number of aliphatic hydroxyl groups is 3. The Morgan fingerprint density at radius 2 is 1.74 bits per heavy atom. The van der Waals surface area contributed by atoms with E-state index in [0.717, 1.165) is 21.8 Å². The zero-order valence-electron chi connectivity index (χ0n) is 27.1. The summed E-state index contributed by atoms with van der Waals surface area (Å²) < 4.78 is 45.8. The highest BCUT2D eigenvalue weighted by atomic mass is 31.3. The number of H-pyrrole nitrogens is 1. The number of phosphoric acid groups is 2. The smallest absolute Gasteiger partial charge is 0.481 e. The van der Waals surface area contributed by atoms with Gasteiger partial charge >= 0.3 is 21.3 Å². The Bertz CT molecular complexity index is 2600. The van der Waals surface area contributed by atoms with Crippen LogP contribution in [0.15, 0.2) is 38.8 Å². The number of nitrogens with zero attached hydrogens (tertiary/aromatic N) is 7. The van der Waals surface area contributed by atoms with Crippen molar-refractivity contribution >= 4 is 49.9 Å². The summed E-state index contributed by atoms with van der Waals surface area (Å²) in [5.74, 6) is -3.36. The number of aryl methyl sites for hydroxylation is 1. The number of furan rings is 1. The first kappa shape index (κ1) is 38.3. The summed E-state index contributed by atoms with van der Waals surface area (Å²) in [7, 11) is -11.2. The molecule has 0 amide bonds. The van der Waals surface area contributed by atoms with Crippen molar-refractivity contribution in [2.24, 2.45) is 0 Å². The third kappa shape index (κ3) is 7.49. The molecule has 5 unspecified atom stereocenters. The number of nitrogen functional groups attached to an aromatic ring is 1. The number of aromatic amines is 1. The topological polar surface area (TPSA) is 384 Å². The Morgan fingerprint density at radius 3 is 2.46 bits per heavy atom. The van der Waals surface area contributed by atoms with E-state index in [-0.39, 0.29) is 45.1 Å². The summed E-state index contributed by atoms with van der Waals surface area (Å²) in [5.41, 5.74) is 4.38. The fraction of sp³-hybridized carbons (Fsp3) is 0.259. The second kappa shape index (κ2) is 14.4. The standard InChI is InChI=1S/C27H27N9O16P2/c1-10-2-12-13(3-11(10)5-37)35(24-18(32-12)25(43)34-27(44)33-24)4-14(38)19(40)15(39)6-49-53(45,46)52-54(47,48)50-7-16-20(41)21(42)26(51-16)36-9-31-17-22(28)29-8-30-23(17)36/h2-3,5,8-9,14-15,19,38-42H,4,6-7H2,1H3,(H,45,46)(H,47,48)(H2,28,29,30)(H,34,43,44). The summed E-state index contributed by atoms with van der Waals surface area (Å²) in [6, 6.07) is 2.77. The molecule has 3 aromatic heterocycles. The van der Waals surface area contributed by atoms with Crippen molar-refractivity contribution < 1.29 is 67.0 Å². The van der Waals surface area contributed by atoms with Gasteiger partial charge < -0.3 is 50.0 Å². The van der Waals surface area contributed by atoms with E-state index in [1.54, 1.807) is 6.92 Å². The van der Waals surface area contributed by atoms with Crippen molar-refractivity contribution in [1.29, 1.82) is 0 Å². The number of aliphatic hydroxyl groups excluding tert-OH is 3. The van der Waals surface area contributed by atoms with Gasteiger partial charge in [0, 0.05) is 5.56 Å². The molecular formula is C27H27N9O16P2. The highest BCUT2D eigenvalue weighted by Crippen LogP contribution is 2.61. The molecule has 25 nitrogen and oxygen atoms in total. The number of aldehydes is 1. The van der Waals surface area contributed by atoms with Crippen LogP contribution < -0.4 is 17.0 Å². The van der Waals surface area contributed by atoms with E-state index in [2.05, 4.69) is 38.3 Å². The summed E-state index contributed by atoms with van der Waals surface area (Å²) in [6.45, 7) is -1.54. The number of carbonyl (C=O) groups excluding carboxylic acids is 1. The maximum atomic E-state index is 12.5. The molecule has 54 heavy (non-hydrogen) atoms. The first-order chi connectivity index (χ1) is 25.4. The van der Waals surface area contributed by atoms with Crippen LogP contribution in [-0.4, -0.2) is 106 Å². The van der Waals surface area contributed by atoms with E-state index in [1.165, 1.54) is 12.1 Å². The molecule has 5 atom stereocenters. The van der Waals surface area contributed by atoms with Crippen LogP contribution in [0.1, 0.15) is 21.7 Å². The van der Waals surface area contributed by atoms with Crippen LogP contribution in [0.25, 0.3) is 39.6 Å². The second-order valence-electron chi connectivity index (χ2n) is 11.4. The van der Waals surface area contributed by atoms with Crippen molar-refractivity contribution in [1.82, 2.24) is 39.0 Å². The van der Waals surface area contributed by atoms with Gasteiger partial charge in [0.25, 0.3) is 11.4 Å². The first-order valence-electron chi connectivity index (χ1n) is 15.0. The Hall–Kier alpha value is -5.46. The van der Waals surface area contributed by atoms with Crippen molar-refractivity contribution in [2.75, 3.05) is 12.3 Å². The molecule has 0 saturated carbocycles. The van der Waals surface area contributed by atoms with E-state index in [1.807, 2.05) is 4.98 Å². The molecule has 286 valence electrons. The highest BCUT2D eigenvalue weighted by Gasteiger charge is 2.38. The number of carbonyl (C=O) groups is 1. The predicted octanol–water partition coefficient (Wildman–Crippen LogP) is -1.05. The van der Waals surface area contributed by atoms with Gasteiger partial charge in [0.1, 0.15) is 43.9 Å². The molecule has 4 aromatic rings. The number of hydrogen-bond donors (Lipinski definition) is 9. The minimum absolute atomic E-state index is 0.0161. The number of fused-ring (bicyclic) bond motifs is 3. The molecule has 27 heteroatoms. The minimum Gasteiger partial charge on any atom is -0.502 e. The van der Waals surface area contributed by atoms with Crippen LogP contribution in [0.4, 0.5) is 5.82 Å². The average molecular weight is 796 g/mol. The Labute approximate surface area is 298 Å². The number of benzene rings is 1. The SMILES string of the molecule is Cc1cc2nc3c(=O)[nH]c(=O)nc-3n(CC(O)C(O)C(O)COP(=O)(O)OP(=O)(O)OCc3oc(-n4cnc5c(N)ncnc54)c(O)c3O)c2cc1C=O. The number of rotatable bonds is 14. The second-order valence-corrected chi connectivity index (χ2v) is 14.4.